The summed E-state index contributed by atoms with van der Waals surface area (Å²) >= 11 is 0. The van der Waals surface area contributed by atoms with Gasteiger partial charge in [0.1, 0.15) is 0 Å². The summed E-state index contributed by atoms with van der Waals surface area (Å²) < 4.78 is 63.4. The fraction of sp³-hybridized carbons (Fsp3) is 0.667. The summed E-state index contributed by atoms with van der Waals surface area (Å²) in [5.41, 5.74) is 0.951. The average Bonchev–Trinajstić information content (AvgIpc) is 2.59. The van der Waals surface area contributed by atoms with Crippen molar-refractivity contribution in [2.24, 2.45) is 11.8 Å². The third-order valence-corrected chi connectivity index (χ3v) is 7.01. The fourth-order valence-corrected chi connectivity index (χ4v) is 4.20. The van der Waals surface area contributed by atoms with Crippen molar-refractivity contribution >= 4 is 10.0 Å². The highest BCUT2D eigenvalue weighted by molar-refractivity contribution is 7.89. The molecule has 0 aliphatic heterocycles. The van der Waals surface area contributed by atoms with Gasteiger partial charge in [0, 0.05) is 20.1 Å². The number of nitrogens with zero attached hydrogens (tertiary/aromatic N) is 1. The molecule has 8 heteroatoms. The predicted molar refractivity (Wildman–Crippen MR) is 95.2 cm³/mol. The van der Waals surface area contributed by atoms with Crippen LogP contribution < -0.4 is 5.32 Å². The summed E-state index contributed by atoms with van der Waals surface area (Å²) in [6, 6.07) is 6.71. The highest BCUT2D eigenvalue weighted by atomic mass is 32.2. The van der Waals surface area contributed by atoms with E-state index in [0.29, 0.717) is 19.4 Å². The second-order valence-electron chi connectivity index (χ2n) is 7.25. The van der Waals surface area contributed by atoms with Gasteiger partial charge in [-0.05, 0) is 62.8 Å². The summed E-state index contributed by atoms with van der Waals surface area (Å²) in [5.74, 6) is -0.896. The second kappa shape index (κ2) is 8.27. The lowest BCUT2D eigenvalue weighted by Crippen LogP contribution is -2.32. The lowest BCUT2D eigenvalue weighted by Gasteiger charge is -2.30. The van der Waals surface area contributed by atoms with Crippen LogP contribution in [0.5, 0.6) is 0 Å². The molecule has 0 heterocycles. The maximum atomic E-state index is 12.7. The van der Waals surface area contributed by atoms with E-state index in [1.807, 2.05) is 6.92 Å². The van der Waals surface area contributed by atoms with Gasteiger partial charge in [-0.2, -0.15) is 13.2 Å². The summed E-state index contributed by atoms with van der Waals surface area (Å²) in [4.78, 5) is 0.240. The third kappa shape index (κ3) is 5.20. The lowest BCUT2D eigenvalue weighted by molar-refractivity contribution is -0.183. The molecule has 0 saturated heterocycles. The molecule has 0 spiro atoms. The number of sulfonamides is 1. The minimum absolute atomic E-state index is 0.00597. The number of nitrogens with one attached hydrogen (secondary N) is 1. The molecule has 0 radical (unpaired) electrons. The quantitative estimate of drug-likeness (QED) is 0.797. The van der Waals surface area contributed by atoms with Crippen LogP contribution >= 0.6 is 0 Å². The molecule has 2 rings (SSSR count). The molecule has 1 saturated carbocycles. The number of hydrogen-bond acceptors (Lipinski definition) is 3. The summed E-state index contributed by atoms with van der Waals surface area (Å²) in [6.45, 7) is 2.64. The van der Waals surface area contributed by atoms with Crippen molar-refractivity contribution in [2.45, 2.75) is 49.7 Å². The van der Waals surface area contributed by atoms with Crippen LogP contribution in [0.1, 0.15) is 44.2 Å². The highest BCUT2D eigenvalue weighted by Crippen LogP contribution is 2.39. The topological polar surface area (TPSA) is 49.4 Å². The van der Waals surface area contributed by atoms with Crippen molar-refractivity contribution in [3.8, 4) is 0 Å². The van der Waals surface area contributed by atoms with Crippen molar-refractivity contribution in [2.75, 3.05) is 20.6 Å². The predicted octanol–water partition coefficient (Wildman–Crippen LogP) is 3.96. The largest absolute Gasteiger partial charge is 0.391 e. The number of benzene rings is 1. The number of hydrogen-bond donors (Lipinski definition) is 1. The van der Waals surface area contributed by atoms with Crippen LogP contribution in [0.2, 0.25) is 0 Å². The molecule has 0 amide bonds. The van der Waals surface area contributed by atoms with Crippen molar-refractivity contribution in [1.29, 1.82) is 0 Å². The first-order valence-electron chi connectivity index (χ1n) is 8.84. The maximum Gasteiger partial charge on any atom is 0.391 e. The van der Waals surface area contributed by atoms with Crippen molar-refractivity contribution < 1.29 is 21.6 Å². The molecule has 1 aliphatic rings. The van der Waals surface area contributed by atoms with Gasteiger partial charge in [0.15, 0.2) is 0 Å². The normalized spacial score (nSPS) is 23.2. The Bertz CT molecular complexity index is 679. The van der Waals surface area contributed by atoms with Gasteiger partial charge in [-0.3, -0.25) is 0 Å². The zero-order valence-corrected chi connectivity index (χ0v) is 16.2. The van der Waals surface area contributed by atoms with Gasteiger partial charge in [-0.1, -0.05) is 12.1 Å². The molecular formula is C18H27F3N2O2S. The van der Waals surface area contributed by atoms with Crippen LogP contribution in [0.25, 0.3) is 0 Å². The van der Waals surface area contributed by atoms with Crippen molar-refractivity contribution in [3.63, 3.8) is 0 Å². The molecule has 26 heavy (non-hydrogen) atoms. The molecule has 0 bridgehead atoms. The number of alkyl halides is 3. The number of halogens is 3. The van der Waals surface area contributed by atoms with E-state index in [1.165, 1.54) is 18.4 Å². The summed E-state index contributed by atoms with van der Waals surface area (Å²) in [5, 5.41) is 3.36. The lowest BCUT2D eigenvalue weighted by atomic mass is 9.81. The Kier molecular flexibility index (Phi) is 6.74. The third-order valence-electron chi connectivity index (χ3n) is 5.18. The Morgan fingerprint density at radius 2 is 1.65 bits per heavy atom. The second-order valence-corrected chi connectivity index (χ2v) is 9.40. The van der Waals surface area contributed by atoms with Crippen LogP contribution in [0.3, 0.4) is 0 Å². The smallest absolute Gasteiger partial charge is 0.310 e. The maximum absolute atomic E-state index is 12.7. The van der Waals surface area contributed by atoms with Crippen molar-refractivity contribution in [1.82, 2.24) is 9.62 Å². The minimum Gasteiger partial charge on any atom is -0.310 e. The molecule has 1 atom stereocenters. The molecular weight excluding hydrogens is 365 g/mol. The van der Waals surface area contributed by atoms with Gasteiger partial charge in [0.25, 0.3) is 0 Å². The molecule has 1 N–H and O–H groups in total. The average molecular weight is 392 g/mol. The Morgan fingerprint density at radius 3 is 2.12 bits per heavy atom. The Hall–Kier alpha value is -1.12. The van der Waals surface area contributed by atoms with Gasteiger partial charge >= 0.3 is 6.18 Å². The van der Waals surface area contributed by atoms with E-state index in [0.717, 1.165) is 5.56 Å². The molecule has 0 aromatic heterocycles. The first-order chi connectivity index (χ1) is 12.0. The van der Waals surface area contributed by atoms with E-state index >= 15 is 0 Å². The van der Waals surface area contributed by atoms with Gasteiger partial charge in [-0.15, -0.1) is 0 Å². The Morgan fingerprint density at radius 1 is 1.12 bits per heavy atom. The van der Waals surface area contributed by atoms with E-state index in [4.69, 9.17) is 0 Å². The van der Waals surface area contributed by atoms with E-state index in [-0.39, 0.29) is 29.7 Å². The van der Waals surface area contributed by atoms with E-state index in [2.05, 4.69) is 5.32 Å². The molecule has 1 fully saturated rings. The Balaban J connectivity index is 1.86. The molecule has 148 valence electrons. The zero-order valence-electron chi connectivity index (χ0n) is 15.4. The first kappa shape index (κ1) is 21.2. The molecule has 1 aromatic carbocycles. The van der Waals surface area contributed by atoms with E-state index < -0.39 is 22.1 Å². The van der Waals surface area contributed by atoms with Gasteiger partial charge in [-0.25, -0.2) is 12.7 Å². The van der Waals surface area contributed by atoms with Gasteiger partial charge in [0.2, 0.25) is 10.0 Å². The highest BCUT2D eigenvalue weighted by Gasteiger charge is 2.41. The Labute approximate surface area is 153 Å². The SMILES string of the molecule is CC(NCC1CCC(C(F)(F)F)CC1)c1ccc(S(=O)(=O)N(C)C)cc1. The number of rotatable bonds is 6. The van der Waals surface area contributed by atoms with Gasteiger partial charge < -0.3 is 5.32 Å². The molecule has 4 nitrogen and oxygen atoms in total. The van der Waals surface area contributed by atoms with Gasteiger partial charge in [0.05, 0.1) is 10.8 Å². The van der Waals surface area contributed by atoms with Crippen LogP contribution in [-0.2, 0) is 10.0 Å². The van der Waals surface area contributed by atoms with E-state index in [1.54, 1.807) is 24.3 Å². The van der Waals surface area contributed by atoms with E-state index in [9.17, 15) is 21.6 Å². The van der Waals surface area contributed by atoms with Crippen LogP contribution in [0.15, 0.2) is 29.2 Å². The first-order valence-corrected chi connectivity index (χ1v) is 10.3. The van der Waals surface area contributed by atoms with Crippen LogP contribution in [0, 0.1) is 11.8 Å². The summed E-state index contributed by atoms with van der Waals surface area (Å²) in [6.07, 6.45) is -2.48. The monoisotopic (exact) mass is 392 g/mol. The fourth-order valence-electron chi connectivity index (χ4n) is 3.29. The van der Waals surface area contributed by atoms with Crippen molar-refractivity contribution in [3.05, 3.63) is 29.8 Å². The zero-order chi connectivity index (χ0) is 19.5. The van der Waals surface area contributed by atoms with Crippen LogP contribution in [-0.4, -0.2) is 39.5 Å². The standard InChI is InChI=1S/C18H27F3N2O2S/c1-13(15-6-10-17(11-7-15)26(24,25)23(2)3)22-12-14-4-8-16(9-5-14)18(19,20)21/h6-7,10-11,13-14,16,22H,4-5,8-9,12H2,1-3H3. The molecule has 1 aliphatic carbocycles. The minimum atomic E-state index is -4.07. The molecule has 1 unspecified atom stereocenters. The van der Waals surface area contributed by atoms with Crippen LogP contribution in [0.4, 0.5) is 13.2 Å². The summed E-state index contributed by atoms with van der Waals surface area (Å²) in [7, 11) is -0.471. The molecule has 1 aromatic rings.